The fraction of sp³-hybridized carbons (Fsp3) is 0.467. The van der Waals surface area contributed by atoms with E-state index in [-0.39, 0.29) is 12.5 Å². The molecule has 0 heterocycles. The molecule has 1 saturated carbocycles. The highest BCUT2D eigenvalue weighted by atomic mass is 16.5. The summed E-state index contributed by atoms with van der Waals surface area (Å²) in [4.78, 5) is 22.1. The zero-order chi connectivity index (χ0) is 14.4. The van der Waals surface area contributed by atoms with Crippen LogP contribution in [0.25, 0.3) is 0 Å². The fourth-order valence-electron chi connectivity index (χ4n) is 2.33. The predicted molar refractivity (Wildman–Crippen MR) is 73.1 cm³/mol. The molecular weight excluding hydrogens is 258 g/mol. The number of ether oxygens (including phenoxy) is 1. The summed E-state index contributed by atoms with van der Waals surface area (Å²) >= 11 is 0. The molecule has 1 aliphatic carbocycles. The van der Waals surface area contributed by atoms with Gasteiger partial charge >= 0.3 is 12.1 Å². The van der Waals surface area contributed by atoms with Gasteiger partial charge in [-0.05, 0) is 30.7 Å². The monoisotopic (exact) mass is 277 g/mol. The lowest BCUT2D eigenvalue weighted by Gasteiger charge is -2.32. The van der Waals surface area contributed by atoms with Crippen molar-refractivity contribution in [2.75, 3.05) is 6.54 Å². The molecule has 1 aliphatic rings. The van der Waals surface area contributed by atoms with Crippen molar-refractivity contribution in [1.82, 2.24) is 5.32 Å². The number of hydrogen-bond donors (Lipinski definition) is 2. The molecule has 1 aromatic carbocycles. The minimum Gasteiger partial charge on any atom is -0.481 e. The van der Waals surface area contributed by atoms with Crippen LogP contribution in [0.3, 0.4) is 0 Å². The topological polar surface area (TPSA) is 75.6 Å². The van der Waals surface area contributed by atoms with E-state index < -0.39 is 12.1 Å². The van der Waals surface area contributed by atoms with Crippen LogP contribution in [0.1, 0.15) is 24.8 Å². The number of carbonyl (C=O) groups is 2. The van der Waals surface area contributed by atoms with E-state index in [2.05, 4.69) is 5.32 Å². The standard InChI is InChI=1S/C15H19NO4/c17-14(18)13-8-12(9-13)6-7-16-15(19)20-10-11-4-2-1-3-5-11/h1-5,12-13H,6-10H2,(H,16,19)(H,17,18). The summed E-state index contributed by atoms with van der Waals surface area (Å²) in [7, 11) is 0. The summed E-state index contributed by atoms with van der Waals surface area (Å²) in [5.41, 5.74) is 0.950. The maximum atomic E-state index is 11.4. The Morgan fingerprint density at radius 1 is 1.25 bits per heavy atom. The summed E-state index contributed by atoms with van der Waals surface area (Å²) in [5, 5.41) is 11.4. The second kappa shape index (κ2) is 6.93. The van der Waals surface area contributed by atoms with Crippen LogP contribution in [0, 0.1) is 11.8 Å². The molecule has 0 aromatic heterocycles. The molecule has 0 spiro atoms. The lowest BCUT2D eigenvalue weighted by Crippen LogP contribution is -2.33. The Labute approximate surface area is 117 Å². The molecular formula is C15H19NO4. The number of aliphatic carboxylic acids is 1. The zero-order valence-electron chi connectivity index (χ0n) is 11.2. The van der Waals surface area contributed by atoms with Gasteiger partial charge in [0.05, 0.1) is 5.92 Å². The molecule has 0 bridgehead atoms. The van der Waals surface area contributed by atoms with Crippen molar-refractivity contribution < 1.29 is 19.4 Å². The van der Waals surface area contributed by atoms with Gasteiger partial charge in [-0.1, -0.05) is 30.3 Å². The SMILES string of the molecule is O=C(NCCC1CC(C(=O)O)C1)OCc1ccccc1. The highest BCUT2D eigenvalue weighted by molar-refractivity contribution is 5.71. The number of hydrogen-bond acceptors (Lipinski definition) is 3. The molecule has 0 unspecified atom stereocenters. The molecule has 20 heavy (non-hydrogen) atoms. The van der Waals surface area contributed by atoms with Gasteiger partial charge in [0.1, 0.15) is 6.61 Å². The van der Waals surface area contributed by atoms with E-state index in [4.69, 9.17) is 9.84 Å². The van der Waals surface area contributed by atoms with Crippen LogP contribution in [0.2, 0.25) is 0 Å². The van der Waals surface area contributed by atoms with Crippen molar-refractivity contribution in [3.05, 3.63) is 35.9 Å². The van der Waals surface area contributed by atoms with Gasteiger partial charge in [0, 0.05) is 6.54 Å². The van der Waals surface area contributed by atoms with Gasteiger partial charge in [0.25, 0.3) is 0 Å². The van der Waals surface area contributed by atoms with Gasteiger partial charge in [-0.2, -0.15) is 0 Å². The molecule has 2 N–H and O–H groups in total. The van der Waals surface area contributed by atoms with Crippen molar-refractivity contribution in [1.29, 1.82) is 0 Å². The summed E-state index contributed by atoms with van der Waals surface area (Å²) in [6.07, 6.45) is 1.82. The van der Waals surface area contributed by atoms with Gasteiger partial charge in [0.2, 0.25) is 0 Å². The van der Waals surface area contributed by atoms with E-state index in [0.717, 1.165) is 24.8 Å². The smallest absolute Gasteiger partial charge is 0.407 e. The van der Waals surface area contributed by atoms with Gasteiger partial charge in [-0.15, -0.1) is 0 Å². The number of carboxylic acid groups (broad SMARTS) is 1. The van der Waals surface area contributed by atoms with E-state index in [1.54, 1.807) is 0 Å². The average Bonchev–Trinajstić information content (AvgIpc) is 2.39. The highest BCUT2D eigenvalue weighted by Gasteiger charge is 2.33. The molecule has 0 radical (unpaired) electrons. The second-order valence-electron chi connectivity index (χ2n) is 5.15. The van der Waals surface area contributed by atoms with Crippen LogP contribution in [-0.4, -0.2) is 23.7 Å². The number of benzene rings is 1. The van der Waals surface area contributed by atoms with Crippen LogP contribution in [0.5, 0.6) is 0 Å². The molecule has 5 heteroatoms. The molecule has 5 nitrogen and oxygen atoms in total. The van der Waals surface area contributed by atoms with Crippen LogP contribution in [0.15, 0.2) is 30.3 Å². The van der Waals surface area contributed by atoms with Crippen molar-refractivity contribution in [2.24, 2.45) is 11.8 Å². The number of amides is 1. The third kappa shape index (κ3) is 4.26. The van der Waals surface area contributed by atoms with E-state index in [1.165, 1.54) is 0 Å². The van der Waals surface area contributed by atoms with Crippen LogP contribution in [-0.2, 0) is 16.1 Å². The molecule has 2 rings (SSSR count). The Hall–Kier alpha value is -2.04. The fourth-order valence-corrected chi connectivity index (χ4v) is 2.33. The maximum absolute atomic E-state index is 11.4. The normalized spacial score (nSPS) is 20.8. The molecule has 108 valence electrons. The first kappa shape index (κ1) is 14.4. The molecule has 0 saturated heterocycles. The van der Waals surface area contributed by atoms with Gasteiger partial charge < -0.3 is 15.2 Å². The van der Waals surface area contributed by atoms with Crippen molar-refractivity contribution >= 4 is 12.1 Å². The van der Waals surface area contributed by atoms with E-state index in [0.29, 0.717) is 12.5 Å². The van der Waals surface area contributed by atoms with E-state index in [9.17, 15) is 9.59 Å². The van der Waals surface area contributed by atoms with Crippen LogP contribution < -0.4 is 5.32 Å². The van der Waals surface area contributed by atoms with Crippen molar-refractivity contribution in [3.63, 3.8) is 0 Å². The first-order chi connectivity index (χ1) is 9.65. The van der Waals surface area contributed by atoms with E-state index in [1.807, 2.05) is 30.3 Å². The Bertz CT molecular complexity index is 454. The number of carboxylic acids is 1. The summed E-state index contributed by atoms with van der Waals surface area (Å²) in [5.74, 6) is -0.493. The largest absolute Gasteiger partial charge is 0.481 e. The van der Waals surface area contributed by atoms with Crippen molar-refractivity contribution in [3.8, 4) is 0 Å². The zero-order valence-corrected chi connectivity index (χ0v) is 11.2. The second-order valence-corrected chi connectivity index (χ2v) is 5.15. The first-order valence-electron chi connectivity index (χ1n) is 6.82. The summed E-state index contributed by atoms with van der Waals surface area (Å²) < 4.78 is 5.08. The maximum Gasteiger partial charge on any atom is 0.407 e. The Balaban J connectivity index is 1.54. The number of nitrogens with one attached hydrogen (secondary N) is 1. The minimum atomic E-state index is -0.712. The molecule has 1 amide bonds. The Morgan fingerprint density at radius 3 is 2.60 bits per heavy atom. The summed E-state index contributed by atoms with van der Waals surface area (Å²) in [6, 6.07) is 9.49. The predicted octanol–water partition coefficient (Wildman–Crippen LogP) is 2.41. The van der Waals surface area contributed by atoms with Crippen LogP contribution in [0.4, 0.5) is 4.79 Å². The minimum absolute atomic E-state index is 0.190. The van der Waals surface area contributed by atoms with Crippen molar-refractivity contribution in [2.45, 2.75) is 25.9 Å². The Morgan fingerprint density at radius 2 is 1.95 bits per heavy atom. The van der Waals surface area contributed by atoms with Gasteiger partial charge in [0.15, 0.2) is 0 Å². The molecule has 0 aliphatic heterocycles. The number of carbonyl (C=O) groups excluding carboxylic acids is 1. The number of alkyl carbamates (subject to hydrolysis) is 1. The first-order valence-corrected chi connectivity index (χ1v) is 6.82. The Kier molecular flexibility index (Phi) is 4.98. The summed E-state index contributed by atoms with van der Waals surface area (Å²) in [6.45, 7) is 0.793. The third-order valence-electron chi connectivity index (χ3n) is 3.62. The molecule has 1 fully saturated rings. The van der Waals surface area contributed by atoms with E-state index >= 15 is 0 Å². The third-order valence-corrected chi connectivity index (χ3v) is 3.62. The highest BCUT2D eigenvalue weighted by Crippen LogP contribution is 2.35. The lowest BCUT2D eigenvalue weighted by molar-refractivity contribution is -0.146. The molecule has 0 atom stereocenters. The molecule has 1 aromatic rings. The lowest BCUT2D eigenvalue weighted by atomic mass is 9.73. The van der Waals surface area contributed by atoms with Gasteiger partial charge in [-0.25, -0.2) is 4.79 Å². The van der Waals surface area contributed by atoms with Crippen LogP contribution >= 0.6 is 0 Å². The number of rotatable bonds is 6. The average molecular weight is 277 g/mol. The quantitative estimate of drug-likeness (QED) is 0.837. The van der Waals surface area contributed by atoms with Gasteiger partial charge in [-0.3, -0.25) is 4.79 Å².